The predicted octanol–water partition coefficient (Wildman–Crippen LogP) is 3.89. The Morgan fingerprint density at radius 2 is 2.06 bits per heavy atom. The third kappa shape index (κ3) is 4.86. The van der Waals surface area contributed by atoms with Crippen LogP contribution in [0.3, 0.4) is 0 Å². The van der Waals surface area contributed by atoms with Gasteiger partial charge in [-0.2, -0.15) is 0 Å². The van der Waals surface area contributed by atoms with Gasteiger partial charge in [-0.25, -0.2) is 0 Å². The molecule has 17 heavy (non-hydrogen) atoms. The summed E-state index contributed by atoms with van der Waals surface area (Å²) in [5.41, 5.74) is 2.37. The highest BCUT2D eigenvalue weighted by Crippen LogP contribution is 2.26. The lowest BCUT2D eigenvalue weighted by atomic mass is 9.88. The summed E-state index contributed by atoms with van der Waals surface area (Å²) in [7, 11) is 0. The van der Waals surface area contributed by atoms with Crippen molar-refractivity contribution in [3.63, 3.8) is 0 Å². The minimum absolute atomic E-state index is 0.345. The predicted molar refractivity (Wildman–Crippen MR) is 71.9 cm³/mol. The number of aliphatic hydroxyl groups is 1. The number of pyridine rings is 1. The van der Waals surface area contributed by atoms with Gasteiger partial charge in [0.1, 0.15) is 0 Å². The third-order valence-electron chi connectivity index (χ3n) is 3.03. The Balaban J connectivity index is 2.55. The monoisotopic (exact) mass is 235 g/mol. The van der Waals surface area contributed by atoms with Crippen LogP contribution in [0.5, 0.6) is 0 Å². The van der Waals surface area contributed by atoms with E-state index in [9.17, 15) is 5.11 Å². The molecule has 1 aromatic rings. The fourth-order valence-electron chi connectivity index (χ4n) is 2.01. The molecule has 1 rings (SSSR count). The van der Waals surface area contributed by atoms with E-state index in [0.717, 1.165) is 36.9 Å². The van der Waals surface area contributed by atoms with E-state index in [1.165, 1.54) is 0 Å². The first-order valence-electron chi connectivity index (χ1n) is 6.56. The zero-order chi connectivity index (χ0) is 12.9. The Morgan fingerprint density at radius 1 is 1.35 bits per heavy atom. The Labute approximate surface area is 105 Å². The number of nitrogens with zero attached hydrogens (tertiary/aromatic N) is 1. The molecule has 0 aliphatic heterocycles. The first-order valence-corrected chi connectivity index (χ1v) is 6.56. The van der Waals surface area contributed by atoms with E-state index in [-0.39, 0.29) is 0 Å². The van der Waals surface area contributed by atoms with Crippen LogP contribution in [0.1, 0.15) is 64.3 Å². The summed E-state index contributed by atoms with van der Waals surface area (Å²) >= 11 is 0. The van der Waals surface area contributed by atoms with Gasteiger partial charge >= 0.3 is 0 Å². The van der Waals surface area contributed by atoms with Gasteiger partial charge in [-0.05, 0) is 42.7 Å². The van der Waals surface area contributed by atoms with Crippen molar-refractivity contribution in [2.24, 2.45) is 5.41 Å². The van der Waals surface area contributed by atoms with E-state index >= 15 is 0 Å². The maximum Gasteiger partial charge on any atom is 0.0962 e. The van der Waals surface area contributed by atoms with Gasteiger partial charge in [0.15, 0.2) is 0 Å². The lowest BCUT2D eigenvalue weighted by Gasteiger charge is -2.19. The van der Waals surface area contributed by atoms with Crippen LogP contribution in [0, 0.1) is 5.41 Å². The Bertz CT molecular complexity index is 341. The first kappa shape index (κ1) is 14.2. The lowest BCUT2D eigenvalue weighted by Crippen LogP contribution is -2.08. The molecule has 0 radical (unpaired) electrons. The molecule has 1 atom stereocenters. The van der Waals surface area contributed by atoms with Gasteiger partial charge in [0.2, 0.25) is 0 Å². The summed E-state index contributed by atoms with van der Waals surface area (Å²) < 4.78 is 0. The quantitative estimate of drug-likeness (QED) is 0.839. The van der Waals surface area contributed by atoms with Gasteiger partial charge in [-0.1, -0.05) is 33.8 Å². The molecule has 0 aliphatic rings. The summed E-state index contributed by atoms with van der Waals surface area (Å²) in [5.74, 6) is 0. The molecular weight excluding hydrogens is 210 g/mol. The second-order valence-corrected chi connectivity index (χ2v) is 5.87. The van der Waals surface area contributed by atoms with Crippen LogP contribution in [0.25, 0.3) is 0 Å². The number of aromatic nitrogens is 1. The van der Waals surface area contributed by atoms with E-state index < -0.39 is 6.10 Å². The van der Waals surface area contributed by atoms with Crippen molar-refractivity contribution in [3.05, 3.63) is 29.6 Å². The van der Waals surface area contributed by atoms with E-state index in [4.69, 9.17) is 0 Å². The number of rotatable bonds is 5. The van der Waals surface area contributed by atoms with Crippen molar-refractivity contribution in [2.45, 2.75) is 59.5 Å². The number of aryl methyl sites for hydroxylation is 1. The van der Waals surface area contributed by atoms with E-state index in [1.54, 1.807) is 6.20 Å². The standard InChI is InChI=1S/C15H25NO/c1-5-12-8-7-11-16-14(12)13(17)9-6-10-15(2,3)4/h7-8,11,13,17H,5-6,9-10H2,1-4H3. The van der Waals surface area contributed by atoms with Crippen LogP contribution < -0.4 is 0 Å². The molecule has 0 aromatic carbocycles. The van der Waals surface area contributed by atoms with Gasteiger partial charge in [0.25, 0.3) is 0 Å². The molecule has 1 aromatic heterocycles. The Kier molecular flexibility index (Phi) is 5.13. The zero-order valence-corrected chi connectivity index (χ0v) is 11.5. The molecule has 1 heterocycles. The first-order chi connectivity index (χ1) is 7.94. The van der Waals surface area contributed by atoms with Gasteiger partial charge in [-0.15, -0.1) is 0 Å². The summed E-state index contributed by atoms with van der Waals surface area (Å²) in [6.07, 6.45) is 5.28. The average Bonchev–Trinajstić information content (AvgIpc) is 2.27. The van der Waals surface area contributed by atoms with Crippen molar-refractivity contribution >= 4 is 0 Å². The maximum absolute atomic E-state index is 10.2. The molecule has 0 fully saturated rings. The molecule has 0 aliphatic carbocycles. The van der Waals surface area contributed by atoms with Crippen LogP contribution in [0.2, 0.25) is 0 Å². The molecule has 0 bridgehead atoms. The second kappa shape index (κ2) is 6.15. The molecular formula is C15H25NO. The summed E-state index contributed by atoms with van der Waals surface area (Å²) in [6.45, 7) is 8.80. The van der Waals surface area contributed by atoms with Crippen LogP contribution in [0.15, 0.2) is 18.3 Å². The third-order valence-corrected chi connectivity index (χ3v) is 3.03. The minimum Gasteiger partial charge on any atom is -0.387 e. The molecule has 0 spiro atoms. The van der Waals surface area contributed by atoms with Gasteiger partial charge in [0, 0.05) is 6.20 Å². The van der Waals surface area contributed by atoms with Crippen LogP contribution in [0.4, 0.5) is 0 Å². The largest absolute Gasteiger partial charge is 0.387 e. The number of hydrogen-bond acceptors (Lipinski definition) is 2. The number of hydrogen-bond donors (Lipinski definition) is 1. The highest BCUT2D eigenvalue weighted by molar-refractivity contribution is 5.21. The highest BCUT2D eigenvalue weighted by Gasteiger charge is 2.15. The zero-order valence-electron chi connectivity index (χ0n) is 11.5. The summed E-state index contributed by atoms with van der Waals surface area (Å²) in [5, 5.41) is 10.2. The molecule has 96 valence electrons. The normalized spacial score (nSPS) is 13.7. The smallest absolute Gasteiger partial charge is 0.0962 e. The van der Waals surface area contributed by atoms with E-state index in [1.807, 2.05) is 6.07 Å². The lowest BCUT2D eigenvalue weighted by molar-refractivity contribution is 0.152. The molecule has 0 amide bonds. The minimum atomic E-state index is -0.409. The second-order valence-electron chi connectivity index (χ2n) is 5.87. The van der Waals surface area contributed by atoms with Crippen molar-refractivity contribution < 1.29 is 5.11 Å². The van der Waals surface area contributed by atoms with Gasteiger partial charge in [-0.3, -0.25) is 4.98 Å². The van der Waals surface area contributed by atoms with Crippen molar-refractivity contribution in [1.82, 2.24) is 4.98 Å². The SMILES string of the molecule is CCc1cccnc1C(O)CCCC(C)(C)C. The summed E-state index contributed by atoms with van der Waals surface area (Å²) in [4.78, 5) is 4.31. The Hall–Kier alpha value is -0.890. The van der Waals surface area contributed by atoms with Gasteiger partial charge in [0.05, 0.1) is 11.8 Å². The van der Waals surface area contributed by atoms with Crippen molar-refractivity contribution in [1.29, 1.82) is 0 Å². The fourth-order valence-corrected chi connectivity index (χ4v) is 2.01. The average molecular weight is 235 g/mol. The van der Waals surface area contributed by atoms with Crippen LogP contribution in [-0.4, -0.2) is 10.1 Å². The number of aliphatic hydroxyl groups excluding tert-OH is 1. The maximum atomic E-state index is 10.2. The topological polar surface area (TPSA) is 33.1 Å². The van der Waals surface area contributed by atoms with E-state index in [0.29, 0.717) is 5.41 Å². The Morgan fingerprint density at radius 3 is 2.65 bits per heavy atom. The molecule has 1 unspecified atom stereocenters. The molecule has 2 nitrogen and oxygen atoms in total. The van der Waals surface area contributed by atoms with E-state index in [2.05, 4.69) is 38.7 Å². The molecule has 0 saturated carbocycles. The highest BCUT2D eigenvalue weighted by atomic mass is 16.3. The van der Waals surface area contributed by atoms with Crippen LogP contribution in [-0.2, 0) is 6.42 Å². The van der Waals surface area contributed by atoms with Crippen molar-refractivity contribution in [3.8, 4) is 0 Å². The van der Waals surface area contributed by atoms with Gasteiger partial charge < -0.3 is 5.11 Å². The fraction of sp³-hybridized carbons (Fsp3) is 0.667. The van der Waals surface area contributed by atoms with Crippen molar-refractivity contribution in [2.75, 3.05) is 0 Å². The molecule has 1 N–H and O–H groups in total. The molecule has 0 saturated heterocycles. The summed E-state index contributed by atoms with van der Waals surface area (Å²) in [6, 6.07) is 3.99. The molecule has 2 heteroatoms. The van der Waals surface area contributed by atoms with Crippen LogP contribution >= 0.6 is 0 Å².